The molecule has 0 amide bonds. The Hall–Kier alpha value is -1.69. The van der Waals surface area contributed by atoms with Gasteiger partial charge in [0.1, 0.15) is 6.54 Å². The molecule has 0 aliphatic carbocycles. The van der Waals surface area contributed by atoms with Crippen molar-refractivity contribution >= 4 is 44.8 Å². The molecule has 1 aliphatic rings. The largest absolute Gasteiger partial charge is 0.280 e. The molecule has 4 rings (SSSR count). The Kier molecular flexibility index (Phi) is 4.16. The number of alkyl halides is 1. The Labute approximate surface area is 157 Å². The Balaban J connectivity index is 2.04. The van der Waals surface area contributed by atoms with Crippen molar-refractivity contribution in [1.29, 1.82) is 0 Å². The molecule has 3 aromatic rings. The molecular formula is C17H11BrCl2N4. The third-order valence-electron chi connectivity index (χ3n) is 3.89. The van der Waals surface area contributed by atoms with Gasteiger partial charge in [-0.05, 0) is 18.2 Å². The quantitative estimate of drug-likeness (QED) is 0.559. The van der Waals surface area contributed by atoms with Crippen molar-refractivity contribution in [2.24, 2.45) is 4.99 Å². The van der Waals surface area contributed by atoms with Crippen LogP contribution >= 0.6 is 39.1 Å². The number of aromatic nitrogens is 3. The molecule has 0 spiro atoms. The van der Waals surface area contributed by atoms with Crippen LogP contribution in [0.2, 0.25) is 5.02 Å². The number of benzene rings is 2. The lowest BCUT2D eigenvalue weighted by atomic mass is 10.0. The summed E-state index contributed by atoms with van der Waals surface area (Å²) in [7, 11) is 0. The number of fused-ring (bicyclic) bond motifs is 3. The minimum Gasteiger partial charge on any atom is -0.280 e. The second-order valence-electron chi connectivity index (χ2n) is 5.28. The van der Waals surface area contributed by atoms with Gasteiger partial charge >= 0.3 is 0 Å². The predicted octanol–water partition coefficient (Wildman–Crippen LogP) is 4.77. The number of hydrogen-bond acceptors (Lipinski definition) is 3. The van der Waals surface area contributed by atoms with E-state index in [4.69, 9.17) is 28.2 Å². The van der Waals surface area contributed by atoms with E-state index >= 15 is 0 Å². The fraction of sp³-hybridized carbons (Fsp3) is 0.118. The summed E-state index contributed by atoms with van der Waals surface area (Å²) in [5.41, 5.74) is 3.61. The van der Waals surface area contributed by atoms with Gasteiger partial charge in [0, 0.05) is 20.6 Å². The Morgan fingerprint density at radius 1 is 1.08 bits per heavy atom. The van der Waals surface area contributed by atoms with Gasteiger partial charge in [-0.15, -0.1) is 21.8 Å². The van der Waals surface area contributed by atoms with Crippen molar-refractivity contribution in [3.8, 4) is 5.69 Å². The second kappa shape index (κ2) is 6.31. The average Bonchev–Trinajstić information content (AvgIpc) is 2.92. The molecule has 2 heterocycles. The lowest BCUT2D eigenvalue weighted by Crippen LogP contribution is -2.10. The summed E-state index contributed by atoms with van der Waals surface area (Å²) in [6.07, 6.45) is 0. The SMILES string of the molecule is ClCc1nnc2n1-c1cccc(Br)c1C(c1ccccc1Cl)=NC2. The lowest BCUT2D eigenvalue weighted by Gasteiger charge is -2.15. The summed E-state index contributed by atoms with van der Waals surface area (Å²) in [4.78, 5) is 4.78. The predicted molar refractivity (Wildman–Crippen MR) is 99.4 cm³/mol. The zero-order valence-corrected chi connectivity index (χ0v) is 15.5. The van der Waals surface area contributed by atoms with Crippen LogP contribution in [0.5, 0.6) is 0 Å². The van der Waals surface area contributed by atoms with Gasteiger partial charge in [0.25, 0.3) is 0 Å². The zero-order chi connectivity index (χ0) is 16.7. The molecule has 0 radical (unpaired) electrons. The summed E-state index contributed by atoms with van der Waals surface area (Å²) in [6.45, 7) is 0.408. The maximum absolute atomic E-state index is 6.42. The normalized spacial score (nSPS) is 13.0. The second-order valence-corrected chi connectivity index (χ2v) is 6.81. The maximum atomic E-state index is 6.42. The first-order valence-corrected chi connectivity index (χ1v) is 8.99. The fourth-order valence-electron chi connectivity index (χ4n) is 2.86. The Morgan fingerprint density at radius 3 is 2.71 bits per heavy atom. The van der Waals surface area contributed by atoms with Crippen LogP contribution in [0.15, 0.2) is 51.9 Å². The molecule has 0 unspecified atom stereocenters. The molecule has 0 atom stereocenters. The summed E-state index contributed by atoms with van der Waals surface area (Å²) in [5, 5.41) is 9.07. The van der Waals surface area contributed by atoms with E-state index in [0.717, 1.165) is 32.8 Å². The van der Waals surface area contributed by atoms with E-state index in [9.17, 15) is 0 Å². The monoisotopic (exact) mass is 420 g/mol. The van der Waals surface area contributed by atoms with Gasteiger partial charge in [0.15, 0.2) is 11.6 Å². The van der Waals surface area contributed by atoms with Crippen LogP contribution in [0.4, 0.5) is 0 Å². The number of rotatable bonds is 2. The molecule has 2 aromatic carbocycles. The van der Waals surface area contributed by atoms with E-state index in [-0.39, 0.29) is 5.88 Å². The van der Waals surface area contributed by atoms with Crippen LogP contribution in [0, 0.1) is 0 Å². The molecule has 0 fully saturated rings. The highest BCUT2D eigenvalue weighted by molar-refractivity contribution is 9.10. The van der Waals surface area contributed by atoms with E-state index < -0.39 is 0 Å². The topological polar surface area (TPSA) is 43.1 Å². The van der Waals surface area contributed by atoms with E-state index in [2.05, 4.69) is 26.1 Å². The van der Waals surface area contributed by atoms with Gasteiger partial charge in [-0.2, -0.15) is 0 Å². The van der Waals surface area contributed by atoms with Crippen molar-refractivity contribution in [3.05, 3.63) is 74.7 Å². The molecule has 0 N–H and O–H groups in total. The lowest BCUT2D eigenvalue weighted by molar-refractivity contribution is 0.858. The first-order valence-electron chi connectivity index (χ1n) is 7.28. The van der Waals surface area contributed by atoms with E-state index in [0.29, 0.717) is 17.4 Å². The number of halogens is 3. The first kappa shape index (κ1) is 15.8. The number of nitrogens with zero attached hydrogens (tertiary/aromatic N) is 4. The highest BCUT2D eigenvalue weighted by Gasteiger charge is 2.25. The van der Waals surface area contributed by atoms with Crippen molar-refractivity contribution in [1.82, 2.24) is 14.8 Å². The smallest absolute Gasteiger partial charge is 0.159 e. The number of aliphatic imine (C=N–C) groups is 1. The molecule has 0 bridgehead atoms. The van der Waals surface area contributed by atoms with Gasteiger partial charge in [0.05, 0.1) is 17.3 Å². The minimum atomic E-state index is 0.278. The molecule has 1 aromatic heterocycles. The Morgan fingerprint density at radius 2 is 1.92 bits per heavy atom. The molecule has 4 nitrogen and oxygen atoms in total. The van der Waals surface area contributed by atoms with Crippen molar-refractivity contribution in [3.63, 3.8) is 0 Å². The van der Waals surface area contributed by atoms with Gasteiger partial charge in [-0.1, -0.05) is 51.8 Å². The van der Waals surface area contributed by atoms with E-state index in [1.807, 2.05) is 47.0 Å². The van der Waals surface area contributed by atoms with Gasteiger partial charge in [-0.25, -0.2) is 0 Å². The van der Waals surface area contributed by atoms with Crippen molar-refractivity contribution in [2.45, 2.75) is 12.4 Å². The maximum Gasteiger partial charge on any atom is 0.159 e. The average molecular weight is 422 g/mol. The van der Waals surface area contributed by atoms with Gasteiger partial charge in [-0.3, -0.25) is 9.56 Å². The standard InChI is InChI=1S/C17H11BrCl2N4/c18-11-5-3-7-13-16(11)17(10-4-1-2-6-12(10)20)21-9-15-23-22-14(8-19)24(13)15/h1-7H,8-9H2. The van der Waals surface area contributed by atoms with Crippen LogP contribution in [0.3, 0.4) is 0 Å². The minimum absolute atomic E-state index is 0.278. The summed E-state index contributed by atoms with van der Waals surface area (Å²) in [6, 6.07) is 13.7. The fourth-order valence-corrected chi connectivity index (χ4v) is 3.80. The van der Waals surface area contributed by atoms with Gasteiger partial charge < -0.3 is 0 Å². The van der Waals surface area contributed by atoms with Crippen LogP contribution in [0.25, 0.3) is 5.69 Å². The van der Waals surface area contributed by atoms with E-state index in [1.54, 1.807) is 0 Å². The highest BCUT2D eigenvalue weighted by atomic mass is 79.9. The van der Waals surface area contributed by atoms with Crippen molar-refractivity contribution in [2.75, 3.05) is 0 Å². The molecule has 120 valence electrons. The molecule has 7 heteroatoms. The van der Waals surface area contributed by atoms with Crippen molar-refractivity contribution < 1.29 is 0 Å². The summed E-state index contributed by atoms with van der Waals surface area (Å²) in [5.74, 6) is 1.73. The molecule has 0 saturated heterocycles. The van der Waals surface area contributed by atoms with Crippen LogP contribution in [-0.2, 0) is 12.4 Å². The third-order valence-corrected chi connectivity index (χ3v) is 5.12. The number of hydrogen-bond donors (Lipinski definition) is 0. The molecule has 1 aliphatic heterocycles. The molecule has 24 heavy (non-hydrogen) atoms. The van der Waals surface area contributed by atoms with Crippen LogP contribution in [-0.4, -0.2) is 20.5 Å². The van der Waals surface area contributed by atoms with E-state index in [1.165, 1.54) is 0 Å². The highest BCUT2D eigenvalue weighted by Crippen LogP contribution is 2.33. The summed E-state index contributed by atoms with van der Waals surface area (Å²) < 4.78 is 2.90. The van der Waals surface area contributed by atoms with Crippen LogP contribution < -0.4 is 0 Å². The Bertz CT molecular complexity index is 965. The third kappa shape index (κ3) is 2.48. The zero-order valence-electron chi connectivity index (χ0n) is 12.4. The first-order chi connectivity index (χ1) is 11.7. The van der Waals surface area contributed by atoms with Gasteiger partial charge in [0.2, 0.25) is 0 Å². The van der Waals surface area contributed by atoms with Crippen LogP contribution in [0.1, 0.15) is 22.8 Å². The summed E-state index contributed by atoms with van der Waals surface area (Å²) >= 11 is 16.1. The molecule has 0 saturated carbocycles. The molecular weight excluding hydrogens is 411 g/mol.